The molecule has 0 aliphatic rings. The van der Waals surface area contributed by atoms with Gasteiger partial charge in [0.2, 0.25) is 0 Å². The molecule has 0 aromatic carbocycles. The molecule has 1 N–H and O–H groups in total. The van der Waals surface area contributed by atoms with Crippen molar-refractivity contribution in [3.05, 3.63) is 39.3 Å². The Bertz CT molecular complexity index is 485. The van der Waals surface area contributed by atoms with Gasteiger partial charge in [0, 0.05) is 36.8 Å². The van der Waals surface area contributed by atoms with Gasteiger partial charge in [0.05, 0.1) is 5.69 Å². The first-order chi connectivity index (χ1) is 8.20. The highest BCUT2D eigenvalue weighted by Gasteiger charge is 2.04. The Morgan fingerprint density at radius 1 is 1.35 bits per heavy atom. The lowest BCUT2D eigenvalue weighted by Crippen LogP contribution is -2.13. The predicted molar refractivity (Wildman–Crippen MR) is 72.2 cm³/mol. The summed E-state index contributed by atoms with van der Waals surface area (Å²) in [5.74, 6) is 0. The van der Waals surface area contributed by atoms with Gasteiger partial charge in [-0.15, -0.1) is 11.3 Å². The number of nitrogens with zero attached hydrogens (tertiary/aromatic N) is 2. The molecule has 4 heteroatoms. The van der Waals surface area contributed by atoms with Crippen LogP contribution in [0, 0.1) is 6.92 Å². The van der Waals surface area contributed by atoms with Crippen LogP contribution in [0.5, 0.6) is 0 Å². The lowest BCUT2D eigenvalue weighted by atomic mass is 10.2. The van der Waals surface area contributed by atoms with Gasteiger partial charge < -0.3 is 5.32 Å². The number of aryl methyl sites for hydroxylation is 3. The van der Waals surface area contributed by atoms with Crippen molar-refractivity contribution < 1.29 is 0 Å². The fraction of sp³-hybridized carbons (Fsp3) is 0.462. The van der Waals surface area contributed by atoms with Crippen molar-refractivity contribution in [2.45, 2.75) is 33.4 Å². The average molecular weight is 249 g/mol. The highest BCUT2D eigenvalue weighted by molar-refractivity contribution is 7.10. The van der Waals surface area contributed by atoms with Gasteiger partial charge in [0.15, 0.2) is 0 Å². The lowest BCUT2D eigenvalue weighted by Gasteiger charge is -2.04. The summed E-state index contributed by atoms with van der Waals surface area (Å²) in [6.07, 6.45) is 3.20. The zero-order valence-corrected chi connectivity index (χ0v) is 11.5. The molecule has 0 radical (unpaired) electrons. The highest BCUT2D eigenvalue weighted by atomic mass is 32.1. The van der Waals surface area contributed by atoms with Gasteiger partial charge in [0.1, 0.15) is 0 Å². The molecule has 0 aliphatic heterocycles. The fourth-order valence-electron chi connectivity index (χ4n) is 1.97. The number of thiophene rings is 1. The van der Waals surface area contributed by atoms with E-state index in [1.54, 1.807) is 0 Å². The quantitative estimate of drug-likeness (QED) is 0.883. The van der Waals surface area contributed by atoms with Gasteiger partial charge in [-0.25, -0.2) is 0 Å². The molecule has 0 saturated heterocycles. The van der Waals surface area contributed by atoms with Crippen molar-refractivity contribution in [1.82, 2.24) is 15.1 Å². The fourth-order valence-corrected chi connectivity index (χ4v) is 2.92. The molecule has 2 rings (SSSR count). The Kier molecular flexibility index (Phi) is 3.97. The molecule has 92 valence electrons. The van der Waals surface area contributed by atoms with Crippen LogP contribution in [-0.2, 0) is 26.6 Å². The maximum Gasteiger partial charge on any atom is 0.0638 e. The van der Waals surface area contributed by atoms with Crippen LogP contribution in [0.3, 0.4) is 0 Å². The third-order valence-corrected chi connectivity index (χ3v) is 3.90. The third-order valence-electron chi connectivity index (χ3n) is 2.93. The van der Waals surface area contributed by atoms with E-state index in [-0.39, 0.29) is 0 Å². The van der Waals surface area contributed by atoms with Gasteiger partial charge in [-0.05, 0) is 30.4 Å². The minimum atomic E-state index is 0.890. The van der Waals surface area contributed by atoms with Gasteiger partial charge in [0.25, 0.3) is 0 Å². The summed E-state index contributed by atoms with van der Waals surface area (Å²) in [4.78, 5) is 1.45. The number of hydrogen-bond donors (Lipinski definition) is 1. The van der Waals surface area contributed by atoms with E-state index in [1.807, 2.05) is 23.1 Å². The molecular weight excluding hydrogens is 230 g/mol. The van der Waals surface area contributed by atoms with E-state index in [4.69, 9.17) is 0 Å². The van der Waals surface area contributed by atoms with Crippen molar-refractivity contribution in [1.29, 1.82) is 0 Å². The molecule has 2 heterocycles. The van der Waals surface area contributed by atoms with Crippen LogP contribution in [0.25, 0.3) is 0 Å². The molecule has 3 nitrogen and oxygen atoms in total. The number of nitrogens with one attached hydrogen (secondary N) is 1. The molecule has 0 saturated carbocycles. The Morgan fingerprint density at radius 2 is 2.18 bits per heavy atom. The van der Waals surface area contributed by atoms with Crippen molar-refractivity contribution in [3.8, 4) is 0 Å². The Hall–Kier alpha value is -1.13. The number of hydrogen-bond acceptors (Lipinski definition) is 3. The van der Waals surface area contributed by atoms with Gasteiger partial charge >= 0.3 is 0 Å². The Labute approximate surface area is 106 Å². The van der Waals surface area contributed by atoms with Crippen molar-refractivity contribution in [2.24, 2.45) is 7.05 Å². The summed E-state index contributed by atoms with van der Waals surface area (Å²) in [6.45, 7) is 6.10. The summed E-state index contributed by atoms with van der Waals surface area (Å²) < 4.78 is 1.87. The first-order valence-corrected chi connectivity index (χ1v) is 6.83. The number of aromatic nitrogens is 2. The van der Waals surface area contributed by atoms with E-state index in [0.717, 1.165) is 25.2 Å². The van der Waals surface area contributed by atoms with Crippen LogP contribution in [0.2, 0.25) is 0 Å². The minimum absolute atomic E-state index is 0.890. The Morgan fingerprint density at radius 3 is 2.82 bits per heavy atom. The topological polar surface area (TPSA) is 29.9 Å². The summed E-state index contributed by atoms with van der Waals surface area (Å²) >= 11 is 1.84. The molecule has 0 amide bonds. The average Bonchev–Trinajstić information content (AvgIpc) is 2.86. The normalized spacial score (nSPS) is 11.0. The van der Waals surface area contributed by atoms with E-state index in [9.17, 15) is 0 Å². The van der Waals surface area contributed by atoms with E-state index >= 15 is 0 Å². The minimum Gasteiger partial charge on any atom is -0.308 e. The molecule has 0 spiro atoms. The second-order valence-electron chi connectivity index (χ2n) is 4.24. The van der Waals surface area contributed by atoms with E-state index < -0.39 is 0 Å². The SMILES string of the molecule is CCc1ccsc1CNCc1cn(C)nc1C. The molecule has 0 aliphatic carbocycles. The molecule has 0 bridgehead atoms. The zero-order valence-electron chi connectivity index (χ0n) is 10.7. The maximum absolute atomic E-state index is 4.34. The lowest BCUT2D eigenvalue weighted by molar-refractivity contribution is 0.693. The molecule has 0 atom stereocenters. The predicted octanol–water partition coefficient (Wildman–Crippen LogP) is 2.64. The van der Waals surface area contributed by atoms with Crippen molar-refractivity contribution in [2.75, 3.05) is 0 Å². The molecule has 2 aromatic rings. The van der Waals surface area contributed by atoms with Crippen LogP contribution in [-0.4, -0.2) is 9.78 Å². The largest absolute Gasteiger partial charge is 0.308 e. The highest BCUT2D eigenvalue weighted by Crippen LogP contribution is 2.17. The van der Waals surface area contributed by atoms with E-state index in [1.165, 1.54) is 16.0 Å². The van der Waals surface area contributed by atoms with Crippen molar-refractivity contribution in [3.63, 3.8) is 0 Å². The van der Waals surface area contributed by atoms with Gasteiger partial charge in [-0.2, -0.15) is 5.10 Å². The second kappa shape index (κ2) is 5.47. The smallest absolute Gasteiger partial charge is 0.0638 e. The number of rotatable bonds is 5. The van der Waals surface area contributed by atoms with E-state index in [0.29, 0.717) is 0 Å². The maximum atomic E-state index is 4.34. The summed E-state index contributed by atoms with van der Waals surface area (Å²) in [5, 5.41) is 10.0. The molecule has 2 aromatic heterocycles. The standard InChI is InChI=1S/C13H19N3S/c1-4-11-5-6-17-13(11)8-14-7-12-9-16(3)15-10(12)2/h5-6,9,14H,4,7-8H2,1-3H3. The van der Waals surface area contributed by atoms with Gasteiger partial charge in [-0.1, -0.05) is 6.92 Å². The van der Waals surface area contributed by atoms with Crippen LogP contribution in [0.4, 0.5) is 0 Å². The van der Waals surface area contributed by atoms with E-state index in [2.05, 4.69) is 41.9 Å². The molecule has 17 heavy (non-hydrogen) atoms. The van der Waals surface area contributed by atoms with Crippen LogP contribution >= 0.6 is 11.3 Å². The monoisotopic (exact) mass is 249 g/mol. The van der Waals surface area contributed by atoms with Crippen LogP contribution < -0.4 is 5.32 Å². The first-order valence-electron chi connectivity index (χ1n) is 5.95. The molecular formula is C13H19N3S. The van der Waals surface area contributed by atoms with Gasteiger partial charge in [-0.3, -0.25) is 4.68 Å². The third kappa shape index (κ3) is 2.96. The summed E-state index contributed by atoms with van der Waals surface area (Å²) in [5.41, 5.74) is 3.86. The summed E-state index contributed by atoms with van der Waals surface area (Å²) in [7, 11) is 1.96. The Balaban J connectivity index is 1.89. The van der Waals surface area contributed by atoms with Crippen molar-refractivity contribution >= 4 is 11.3 Å². The zero-order chi connectivity index (χ0) is 12.3. The second-order valence-corrected chi connectivity index (χ2v) is 5.24. The summed E-state index contributed by atoms with van der Waals surface area (Å²) in [6, 6.07) is 2.22. The molecule has 0 fully saturated rings. The van der Waals surface area contributed by atoms with Crippen LogP contribution in [0.15, 0.2) is 17.6 Å². The first kappa shape index (κ1) is 12.3. The van der Waals surface area contributed by atoms with Crippen LogP contribution in [0.1, 0.15) is 28.6 Å². The molecule has 0 unspecified atom stereocenters.